The van der Waals surface area contributed by atoms with Gasteiger partial charge in [-0.25, -0.2) is 17.9 Å². The second kappa shape index (κ2) is 8.94. The molecule has 150 valence electrons. The number of hydrogen-bond donors (Lipinski definition) is 2. The molecule has 0 bridgehead atoms. The minimum Gasteiger partial charge on any atom is -0.465 e. The lowest BCUT2D eigenvalue weighted by Crippen LogP contribution is -2.48. The van der Waals surface area contributed by atoms with Crippen LogP contribution in [0.15, 0.2) is 53.4 Å². The number of halogens is 1. The zero-order chi connectivity index (χ0) is 20.1. The second-order valence-electron chi connectivity index (χ2n) is 6.79. The maximum atomic E-state index is 12.7. The van der Waals surface area contributed by atoms with Crippen molar-refractivity contribution in [1.29, 1.82) is 0 Å². The highest BCUT2D eigenvalue weighted by Crippen LogP contribution is 2.25. The van der Waals surface area contributed by atoms with Crippen LogP contribution in [0.4, 0.5) is 5.69 Å². The molecule has 6 nitrogen and oxygen atoms in total. The van der Waals surface area contributed by atoms with Crippen LogP contribution in [0.2, 0.25) is 5.02 Å². The minimum absolute atomic E-state index is 0.0419. The Bertz CT molecular complexity index is 914. The Morgan fingerprint density at radius 3 is 2.21 bits per heavy atom. The third-order valence-electron chi connectivity index (χ3n) is 4.85. The molecule has 0 aliphatic heterocycles. The molecule has 8 heteroatoms. The Kier molecular flexibility index (Phi) is 6.59. The van der Waals surface area contributed by atoms with Gasteiger partial charge in [0.1, 0.15) is 0 Å². The average Bonchev–Trinajstić information content (AvgIpc) is 2.69. The van der Waals surface area contributed by atoms with Gasteiger partial charge in [-0.2, -0.15) is 0 Å². The van der Waals surface area contributed by atoms with Gasteiger partial charge in [-0.15, -0.1) is 0 Å². The van der Waals surface area contributed by atoms with Gasteiger partial charge in [0, 0.05) is 22.8 Å². The maximum absolute atomic E-state index is 12.7. The molecule has 2 atom stereocenters. The predicted octanol–water partition coefficient (Wildman–Crippen LogP) is 3.83. The highest BCUT2D eigenvalue weighted by atomic mass is 35.5. The number of anilines is 1. The van der Waals surface area contributed by atoms with E-state index in [1.807, 2.05) is 0 Å². The van der Waals surface area contributed by atoms with Crippen molar-refractivity contribution in [3.8, 4) is 0 Å². The van der Waals surface area contributed by atoms with Gasteiger partial charge >= 0.3 is 5.97 Å². The number of sulfonamides is 1. The van der Waals surface area contributed by atoms with E-state index in [0.717, 1.165) is 31.4 Å². The van der Waals surface area contributed by atoms with Gasteiger partial charge < -0.3 is 10.1 Å². The van der Waals surface area contributed by atoms with E-state index in [2.05, 4.69) is 10.0 Å². The second-order valence-corrected chi connectivity index (χ2v) is 8.94. The van der Waals surface area contributed by atoms with Crippen molar-refractivity contribution in [3.05, 3.63) is 59.1 Å². The molecule has 0 radical (unpaired) electrons. The number of carbonyl (C=O) groups excluding carboxylic acids is 1. The van der Waals surface area contributed by atoms with Gasteiger partial charge in [0.15, 0.2) is 0 Å². The monoisotopic (exact) mass is 422 g/mol. The van der Waals surface area contributed by atoms with Crippen LogP contribution < -0.4 is 10.0 Å². The fourth-order valence-corrected chi connectivity index (χ4v) is 4.80. The fourth-order valence-electron chi connectivity index (χ4n) is 3.36. The first kappa shape index (κ1) is 20.6. The minimum atomic E-state index is -3.63. The Labute approximate surface area is 170 Å². The summed E-state index contributed by atoms with van der Waals surface area (Å²) in [6.45, 7) is 0. The van der Waals surface area contributed by atoms with Crippen LogP contribution in [-0.2, 0) is 14.8 Å². The number of rotatable bonds is 6. The van der Waals surface area contributed by atoms with E-state index in [1.54, 1.807) is 36.4 Å². The number of nitrogens with one attached hydrogen (secondary N) is 2. The van der Waals surface area contributed by atoms with E-state index in [1.165, 1.54) is 19.2 Å². The molecule has 1 fully saturated rings. The number of methoxy groups -OCH3 is 1. The van der Waals surface area contributed by atoms with Crippen molar-refractivity contribution in [2.45, 2.75) is 42.7 Å². The zero-order valence-electron chi connectivity index (χ0n) is 15.5. The summed E-state index contributed by atoms with van der Waals surface area (Å²) < 4.78 is 33.0. The van der Waals surface area contributed by atoms with Crippen molar-refractivity contribution in [1.82, 2.24) is 4.72 Å². The van der Waals surface area contributed by atoms with Gasteiger partial charge in [0.05, 0.1) is 17.6 Å². The van der Waals surface area contributed by atoms with Crippen LogP contribution in [-0.4, -0.2) is 33.6 Å². The number of ether oxygens (including phenoxy) is 1. The summed E-state index contributed by atoms with van der Waals surface area (Å²) >= 11 is 5.85. The number of esters is 1. The highest BCUT2D eigenvalue weighted by molar-refractivity contribution is 7.89. The SMILES string of the molecule is COC(=O)c1ccc(NC2CCCCC2NS(=O)(=O)c2ccc(Cl)cc2)cc1. The molecule has 1 aliphatic carbocycles. The quantitative estimate of drug-likeness (QED) is 0.691. The smallest absolute Gasteiger partial charge is 0.337 e. The standard InChI is InChI=1S/C20H23ClN2O4S/c1-27-20(24)14-6-10-16(11-7-14)22-18-4-2-3-5-19(18)23-28(25,26)17-12-8-15(21)9-13-17/h6-13,18-19,22-23H,2-5H2,1H3. The Morgan fingerprint density at radius 2 is 1.61 bits per heavy atom. The third kappa shape index (κ3) is 5.04. The van der Waals surface area contributed by atoms with Crippen LogP contribution in [0.3, 0.4) is 0 Å². The molecule has 3 rings (SSSR count). The summed E-state index contributed by atoms with van der Waals surface area (Å²) in [5.41, 5.74) is 1.30. The molecular formula is C20H23ClN2O4S. The maximum Gasteiger partial charge on any atom is 0.337 e. The van der Waals surface area contributed by atoms with E-state index in [4.69, 9.17) is 16.3 Å². The van der Waals surface area contributed by atoms with Gasteiger partial charge in [-0.1, -0.05) is 24.4 Å². The summed E-state index contributed by atoms with van der Waals surface area (Å²) in [5, 5.41) is 3.89. The molecule has 1 aliphatic rings. The number of hydrogen-bond acceptors (Lipinski definition) is 5. The van der Waals surface area contributed by atoms with E-state index in [0.29, 0.717) is 10.6 Å². The molecule has 0 saturated heterocycles. The van der Waals surface area contributed by atoms with Crippen molar-refractivity contribution in [2.75, 3.05) is 12.4 Å². The van der Waals surface area contributed by atoms with Crippen molar-refractivity contribution in [3.63, 3.8) is 0 Å². The van der Waals surface area contributed by atoms with Crippen molar-refractivity contribution in [2.24, 2.45) is 0 Å². The molecule has 2 N–H and O–H groups in total. The first-order valence-corrected chi connectivity index (χ1v) is 11.0. The van der Waals surface area contributed by atoms with E-state index >= 15 is 0 Å². The lowest BCUT2D eigenvalue weighted by Gasteiger charge is -2.33. The zero-order valence-corrected chi connectivity index (χ0v) is 17.1. The summed E-state index contributed by atoms with van der Waals surface area (Å²) in [6.07, 6.45) is 3.60. The molecule has 0 amide bonds. The van der Waals surface area contributed by atoms with Gasteiger partial charge in [-0.05, 0) is 61.4 Å². The Hall–Kier alpha value is -2.09. The van der Waals surface area contributed by atoms with Gasteiger partial charge in [0.25, 0.3) is 0 Å². The molecule has 28 heavy (non-hydrogen) atoms. The summed E-state index contributed by atoms with van der Waals surface area (Å²) in [7, 11) is -2.29. The lowest BCUT2D eigenvalue weighted by atomic mass is 9.91. The average molecular weight is 423 g/mol. The predicted molar refractivity (Wildman–Crippen MR) is 109 cm³/mol. The molecule has 2 aromatic carbocycles. The Morgan fingerprint density at radius 1 is 1.00 bits per heavy atom. The molecule has 2 unspecified atom stereocenters. The van der Waals surface area contributed by atoms with Crippen LogP contribution in [0.5, 0.6) is 0 Å². The van der Waals surface area contributed by atoms with E-state index in [9.17, 15) is 13.2 Å². The van der Waals surface area contributed by atoms with E-state index < -0.39 is 16.0 Å². The molecule has 1 saturated carbocycles. The normalized spacial score (nSPS) is 19.8. The molecule has 0 heterocycles. The lowest BCUT2D eigenvalue weighted by molar-refractivity contribution is 0.0600. The van der Waals surface area contributed by atoms with Crippen LogP contribution in [0.25, 0.3) is 0 Å². The van der Waals surface area contributed by atoms with Crippen LogP contribution >= 0.6 is 11.6 Å². The summed E-state index contributed by atoms with van der Waals surface area (Å²) in [4.78, 5) is 11.7. The highest BCUT2D eigenvalue weighted by Gasteiger charge is 2.29. The van der Waals surface area contributed by atoms with Crippen molar-refractivity contribution >= 4 is 33.3 Å². The largest absolute Gasteiger partial charge is 0.465 e. The third-order valence-corrected chi connectivity index (χ3v) is 6.61. The topological polar surface area (TPSA) is 84.5 Å². The fraction of sp³-hybridized carbons (Fsp3) is 0.350. The molecule has 0 aromatic heterocycles. The summed E-state index contributed by atoms with van der Waals surface area (Å²) in [5.74, 6) is -0.391. The van der Waals surface area contributed by atoms with Gasteiger partial charge in [0.2, 0.25) is 10.0 Å². The van der Waals surface area contributed by atoms with E-state index in [-0.39, 0.29) is 17.0 Å². The van der Waals surface area contributed by atoms with Crippen LogP contribution in [0.1, 0.15) is 36.0 Å². The molecule has 2 aromatic rings. The van der Waals surface area contributed by atoms with Crippen molar-refractivity contribution < 1.29 is 17.9 Å². The van der Waals surface area contributed by atoms with Gasteiger partial charge in [-0.3, -0.25) is 0 Å². The first-order valence-electron chi connectivity index (χ1n) is 9.12. The molecular weight excluding hydrogens is 400 g/mol. The Balaban J connectivity index is 1.71. The number of carbonyl (C=O) groups is 1. The molecule has 0 spiro atoms. The van der Waals surface area contributed by atoms with Crippen LogP contribution in [0, 0.1) is 0 Å². The number of benzene rings is 2. The summed E-state index contributed by atoms with van der Waals surface area (Å²) in [6, 6.07) is 12.8. The first-order chi connectivity index (χ1) is 13.4.